The fraction of sp³-hybridized carbons (Fsp3) is 0.304. The molecular formula is C23H26N2O4S. The molecule has 30 heavy (non-hydrogen) atoms. The second kappa shape index (κ2) is 9.26. The quantitative estimate of drug-likeness (QED) is 0.560. The predicted molar refractivity (Wildman–Crippen MR) is 117 cm³/mol. The molecule has 0 amide bonds. The number of sulfonamides is 1. The molecule has 158 valence electrons. The van der Waals surface area contributed by atoms with E-state index in [1.54, 1.807) is 25.1 Å². The van der Waals surface area contributed by atoms with E-state index >= 15 is 0 Å². The summed E-state index contributed by atoms with van der Waals surface area (Å²) >= 11 is 0. The van der Waals surface area contributed by atoms with Crippen molar-refractivity contribution in [2.45, 2.75) is 38.0 Å². The highest BCUT2D eigenvalue weighted by Gasteiger charge is 2.37. The lowest BCUT2D eigenvalue weighted by Crippen LogP contribution is -2.35. The maximum Gasteiger partial charge on any atom is 0.315 e. The van der Waals surface area contributed by atoms with Crippen LogP contribution < -0.4 is 4.83 Å². The topological polar surface area (TPSA) is 84.8 Å². The molecule has 0 saturated carbocycles. The molecule has 0 bridgehead atoms. The lowest BCUT2D eigenvalue weighted by molar-refractivity contribution is -0.146. The summed E-state index contributed by atoms with van der Waals surface area (Å²) in [5.74, 6) is -1.29. The summed E-state index contributed by atoms with van der Waals surface area (Å²) in [5, 5.41) is 4.17. The molecule has 0 radical (unpaired) electrons. The highest BCUT2D eigenvalue weighted by atomic mass is 32.2. The van der Waals surface area contributed by atoms with Gasteiger partial charge < -0.3 is 4.74 Å². The van der Waals surface area contributed by atoms with Crippen molar-refractivity contribution in [2.75, 3.05) is 6.61 Å². The number of nitrogens with zero attached hydrogens (tertiary/aromatic N) is 1. The first-order valence-electron chi connectivity index (χ1n) is 9.86. The number of hydrazone groups is 1. The highest BCUT2D eigenvalue weighted by Crippen LogP contribution is 2.37. The van der Waals surface area contributed by atoms with Gasteiger partial charge in [-0.15, -0.1) is 0 Å². The van der Waals surface area contributed by atoms with Gasteiger partial charge in [-0.05, 0) is 51.0 Å². The second-order valence-corrected chi connectivity index (χ2v) is 9.05. The van der Waals surface area contributed by atoms with E-state index in [0.717, 1.165) is 16.7 Å². The minimum absolute atomic E-state index is 0.112. The third-order valence-corrected chi connectivity index (χ3v) is 6.28. The molecule has 2 aromatic rings. The standard InChI is InChI=1S/C23H26N2O4S/c1-4-29-23(26)22-20(18-8-6-5-7-9-18)14-17(3)15-21(22)24-25-30(27,28)19-12-10-16(2)11-13-19/h5-13,15,20,22,25H,4,14H2,1-3H3/b24-21-/t20-,22+/m0/s1. The van der Waals surface area contributed by atoms with Crippen LogP contribution in [0.2, 0.25) is 0 Å². The number of nitrogens with one attached hydrogen (secondary N) is 1. The van der Waals surface area contributed by atoms with Crippen molar-refractivity contribution in [3.8, 4) is 0 Å². The molecule has 0 spiro atoms. The number of benzene rings is 2. The van der Waals surface area contributed by atoms with E-state index in [9.17, 15) is 13.2 Å². The van der Waals surface area contributed by atoms with Gasteiger partial charge in [-0.1, -0.05) is 53.6 Å². The molecule has 0 saturated heterocycles. The number of carbonyl (C=O) groups is 1. The highest BCUT2D eigenvalue weighted by molar-refractivity contribution is 7.89. The Morgan fingerprint density at radius 1 is 1.10 bits per heavy atom. The molecule has 1 aliphatic rings. The van der Waals surface area contributed by atoms with Crippen molar-refractivity contribution in [3.63, 3.8) is 0 Å². The third kappa shape index (κ3) is 4.97. The van der Waals surface area contributed by atoms with E-state index in [1.165, 1.54) is 12.1 Å². The van der Waals surface area contributed by atoms with E-state index < -0.39 is 21.9 Å². The Hall–Kier alpha value is -2.93. The van der Waals surface area contributed by atoms with Crippen LogP contribution >= 0.6 is 0 Å². The fourth-order valence-corrected chi connectivity index (χ4v) is 4.41. The van der Waals surface area contributed by atoms with E-state index in [1.807, 2.05) is 44.2 Å². The Morgan fingerprint density at radius 2 is 1.77 bits per heavy atom. The van der Waals surface area contributed by atoms with Crippen LogP contribution in [0.4, 0.5) is 0 Å². The van der Waals surface area contributed by atoms with Crippen molar-refractivity contribution in [1.29, 1.82) is 0 Å². The van der Waals surface area contributed by atoms with Crippen LogP contribution in [-0.4, -0.2) is 26.7 Å². The largest absolute Gasteiger partial charge is 0.465 e. The van der Waals surface area contributed by atoms with Crippen LogP contribution in [0, 0.1) is 12.8 Å². The van der Waals surface area contributed by atoms with Crippen LogP contribution in [0.1, 0.15) is 37.3 Å². The molecule has 0 aromatic heterocycles. The molecular weight excluding hydrogens is 400 g/mol. The van der Waals surface area contributed by atoms with Gasteiger partial charge in [0.1, 0.15) is 5.92 Å². The van der Waals surface area contributed by atoms with Crippen LogP contribution in [0.25, 0.3) is 0 Å². The van der Waals surface area contributed by atoms with Crippen LogP contribution in [0.5, 0.6) is 0 Å². The molecule has 3 rings (SSSR count). The summed E-state index contributed by atoms with van der Waals surface area (Å²) in [7, 11) is -3.86. The van der Waals surface area contributed by atoms with Crippen molar-refractivity contribution < 1.29 is 17.9 Å². The van der Waals surface area contributed by atoms with Gasteiger partial charge >= 0.3 is 5.97 Å². The smallest absolute Gasteiger partial charge is 0.315 e. The minimum Gasteiger partial charge on any atom is -0.465 e. The number of aryl methyl sites for hydroxylation is 1. The second-order valence-electron chi connectivity index (χ2n) is 7.39. The average Bonchev–Trinajstić information content (AvgIpc) is 2.73. The Kier molecular flexibility index (Phi) is 6.72. The van der Waals surface area contributed by atoms with E-state index in [0.29, 0.717) is 12.1 Å². The summed E-state index contributed by atoms with van der Waals surface area (Å²) < 4.78 is 30.6. The average molecular weight is 427 g/mol. The lowest BCUT2D eigenvalue weighted by atomic mass is 9.75. The predicted octanol–water partition coefficient (Wildman–Crippen LogP) is 3.94. The molecule has 1 N–H and O–H groups in total. The van der Waals surface area contributed by atoms with Gasteiger partial charge in [0.25, 0.3) is 10.0 Å². The number of rotatable bonds is 6. The number of esters is 1. The van der Waals surface area contributed by atoms with Crippen LogP contribution in [0.15, 0.2) is 76.2 Å². The zero-order valence-corrected chi connectivity index (χ0v) is 18.1. The first kappa shape index (κ1) is 21.8. The summed E-state index contributed by atoms with van der Waals surface area (Å²) in [6.07, 6.45) is 2.43. The van der Waals surface area contributed by atoms with Crippen molar-refractivity contribution in [3.05, 3.63) is 77.4 Å². The van der Waals surface area contributed by atoms with Crippen molar-refractivity contribution in [1.82, 2.24) is 4.83 Å². The minimum atomic E-state index is -3.86. The molecule has 0 fully saturated rings. The summed E-state index contributed by atoms with van der Waals surface area (Å²) in [5.41, 5.74) is 3.30. The summed E-state index contributed by atoms with van der Waals surface area (Å²) in [4.78, 5) is 15.2. The van der Waals surface area contributed by atoms with E-state index in [2.05, 4.69) is 9.93 Å². The monoisotopic (exact) mass is 426 g/mol. The number of carbonyl (C=O) groups excluding carboxylic acids is 1. The first-order chi connectivity index (χ1) is 14.3. The molecule has 2 atom stereocenters. The zero-order valence-electron chi connectivity index (χ0n) is 17.3. The number of hydrogen-bond acceptors (Lipinski definition) is 5. The molecule has 0 heterocycles. The van der Waals surface area contributed by atoms with Gasteiger partial charge in [-0.25, -0.2) is 0 Å². The maximum atomic E-state index is 12.8. The summed E-state index contributed by atoms with van der Waals surface area (Å²) in [6, 6.07) is 16.2. The van der Waals surface area contributed by atoms with Crippen molar-refractivity contribution in [2.24, 2.45) is 11.0 Å². The van der Waals surface area contributed by atoms with Gasteiger partial charge in [0.15, 0.2) is 0 Å². The Balaban J connectivity index is 1.98. The van der Waals surface area contributed by atoms with Gasteiger partial charge in [-0.2, -0.15) is 18.4 Å². The Labute approximate surface area is 177 Å². The number of ether oxygens (including phenoxy) is 1. The van der Waals surface area contributed by atoms with E-state index in [4.69, 9.17) is 4.74 Å². The fourth-order valence-electron chi connectivity index (χ4n) is 3.58. The molecule has 7 heteroatoms. The first-order valence-corrected chi connectivity index (χ1v) is 11.3. The van der Waals surface area contributed by atoms with Crippen LogP contribution in [0.3, 0.4) is 0 Å². The SMILES string of the molecule is CCOC(=O)[C@H]1/C(=N\NS(=O)(=O)c2ccc(C)cc2)C=C(C)C[C@H]1c1ccccc1. The van der Waals surface area contributed by atoms with Gasteiger partial charge in [0.2, 0.25) is 0 Å². The Bertz CT molecular complexity index is 1060. The maximum absolute atomic E-state index is 12.8. The van der Waals surface area contributed by atoms with Crippen LogP contribution in [-0.2, 0) is 19.6 Å². The van der Waals surface area contributed by atoms with Gasteiger partial charge in [0.05, 0.1) is 17.2 Å². The van der Waals surface area contributed by atoms with Gasteiger partial charge in [-0.3, -0.25) is 4.79 Å². The molecule has 0 aliphatic heterocycles. The zero-order chi connectivity index (χ0) is 21.7. The molecule has 1 aliphatic carbocycles. The van der Waals surface area contributed by atoms with E-state index in [-0.39, 0.29) is 17.4 Å². The number of allylic oxidation sites excluding steroid dienone is 2. The third-order valence-electron chi connectivity index (χ3n) is 5.05. The molecule has 0 unspecified atom stereocenters. The van der Waals surface area contributed by atoms with Crippen molar-refractivity contribution >= 4 is 21.7 Å². The van der Waals surface area contributed by atoms with Gasteiger partial charge in [0, 0.05) is 5.92 Å². The lowest BCUT2D eigenvalue weighted by Gasteiger charge is -2.30. The Morgan fingerprint density at radius 3 is 2.40 bits per heavy atom. The molecule has 6 nitrogen and oxygen atoms in total. The summed E-state index contributed by atoms with van der Waals surface area (Å²) in [6.45, 7) is 5.81. The normalized spacial score (nSPS) is 20.5. The number of hydrogen-bond donors (Lipinski definition) is 1. The molecule has 2 aromatic carbocycles.